The molecule has 0 aromatic carbocycles. The summed E-state index contributed by atoms with van der Waals surface area (Å²) in [6, 6.07) is 0.767. The Hall–Kier alpha value is 0.230. The van der Waals surface area contributed by atoms with E-state index in [1.165, 1.54) is 19.4 Å². The molecule has 72 valence electrons. The molecule has 1 aliphatic heterocycles. The fourth-order valence-corrected chi connectivity index (χ4v) is 1.51. The van der Waals surface area contributed by atoms with Crippen molar-refractivity contribution < 1.29 is 29.3 Å². The highest BCUT2D eigenvalue weighted by atomic mass is 127. The van der Waals surface area contributed by atoms with Crippen molar-refractivity contribution >= 4 is 0 Å². The minimum absolute atomic E-state index is 0. The van der Waals surface area contributed by atoms with Gasteiger partial charge in [0.05, 0.1) is 13.6 Å². The fraction of sp³-hybridized carbons (Fsp3) is 0.778. The largest absolute Gasteiger partial charge is 1.00 e. The Morgan fingerprint density at radius 2 is 2.33 bits per heavy atom. The Bertz CT molecular complexity index is 136. The first-order valence-corrected chi connectivity index (χ1v) is 4.55. The van der Waals surface area contributed by atoms with Gasteiger partial charge in [0.15, 0.2) is 0 Å². The van der Waals surface area contributed by atoms with E-state index < -0.39 is 0 Å². The van der Waals surface area contributed by atoms with Gasteiger partial charge < -0.3 is 34.2 Å². The Balaban J connectivity index is 0.00000121. The molecule has 0 aromatic rings. The van der Waals surface area contributed by atoms with Crippen LogP contribution in [0.3, 0.4) is 0 Å². The van der Waals surface area contributed by atoms with Crippen LogP contribution < -0.4 is 29.3 Å². The van der Waals surface area contributed by atoms with E-state index in [4.69, 9.17) is 0 Å². The van der Waals surface area contributed by atoms with Crippen LogP contribution >= 0.6 is 0 Å². The number of hydrogen-bond donors (Lipinski definition) is 1. The van der Waals surface area contributed by atoms with Gasteiger partial charge in [0.1, 0.15) is 0 Å². The molecule has 0 spiro atoms. The van der Waals surface area contributed by atoms with E-state index in [1.807, 2.05) is 0 Å². The van der Waals surface area contributed by atoms with Crippen LogP contribution in [0.5, 0.6) is 0 Å². The number of quaternary nitrogens is 1. The first-order chi connectivity index (χ1) is 5.34. The summed E-state index contributed by atoms with van der Waals surface area (Å²) in [4.78, 5) is 2.43. The molecule has 1 aliphatic rings. The highest BCUT2D eigenvalue weighted by Gasteiger charge is 2.15. The van der Waals surface area contributed by atoms with Crippen LogP contribution in [-0.4, -0.2) is 31.1 Å². The number of rotatable bonds is 3. The monoisotopic (exact) mass is 282 g/mol. The molecular weight excluding hydrogens is 263 g/mol. The second kappa shape index (κ2) is 6.71. The van der Waals surface area contributed by atoms with E-state index in [0.717, 1.165) is 12.6 Å². The molecule has 12 heavy (non-hydrogen) atoms. The molecule has 2 nitrogen and oxygen atoms in total. The van der Waals surface area contributed by atoms with Crippen LogP contribution in [0, 0.1) is 0 Å². The fourth-order valence-electron chi connectivity index (χ4n) is 1.51. The third-order valence-electron chi connectivity index (χ3n) is 2.27. The van der Waals surface area contributed by atoms with Crippen molar-refractivity contribution in [2.45, 2.75) is 25.8 Å². The lowest BCUT2D eigenvalue weighted by atomic mass is 10.2. The molecule has 1 saturated heterocycles. The summed E-state index contributed by atoms with van der Waals surface area (Å²) in [6.07, 6.45) is 7.21. The second-order valence-corrected chi connectivity index (χ2v) is 3.26. The molecule has 0 unspecified atom stereocenters. The molecule has 0 saturated carbocycles. The topological polar surface area (TPSA) is 19.9 Å². The predicted octanol–water partition coefficient (Wildman–Crippen LogP) is -2.82. The molecule has 1 fully saturated rings. The minimum Gasteiger partial charge on any atom is -1.00 e. The number of nitrogens with zero attached hydrogens (tertiary/aromatic N) is 1. The van der Waals surface area contributed by atoms with Crippen molar-refractivity contribution in [3.05, 3.63) is 12.3 Å². The Labute approximate surface area is 92.4 Å². The zero-order chi connectivity index (χ0) is 8.10. The van der Waals surface area contributed by atoms with E-state index in [2.05, 4.69) is 36.5 Å². The lowest BCUT2D eigenvalue weighted by Gasteiger charge is -2.17. The maximum atomic E-state index is 2.43. The van der Waals surface area contributed by atoms with E-state index in [0.29, 0.717) is 0 Å². The highest BCUT2D eigenvalue weighted by Crippen LogP contribution is 2.15. The highest BCUT2D eigenvalue weighted by molar-refractivity contribution is 4.88. The van der Waals surface area contributed by atoms with Crippen molar-refractivity contribution in [3.8, 4) is 0 Å². The van der Waals surface area contributed by atoms with Gasteiger partial charge in [0, 0.05) is 18.8 Å². The van der Waals surface area contributed by atoms with Crippen molar-refractivity contribution in [1.82, 2.24) is 4.90 Å². The van der Waals surface area contributed by atoms with Gasteiger partial charge in [-0.3, -0.25) is 0 Å². The van der Waals surface area contributed by atoms with Gasteiger partial charge in [0.2, 0.25) is 0 Å². The second-order valence-electron chi connectivity index (χ2n) is 3.26. The quantitative estimate of drug-likeness (QED) is 0.554. The molecule has 0 bridgehead atoms. The molecule has 3 heteroatoms. The summed E-state index contributed by atoms with van der Waals surface area (Å²) >= 11 is 0. The van der Waals surface area contributed by atoms with Crippen molar-refractivity contribution in [3.63, 3.8) is 0 Å². The predicted molar refractivity (Wildman–Crippen MR) is 47.3 cm³/mol. The first-order valence-electron chi connectivity index (χ1n) is 4.55. The maximum Gasteiger partial charge on any atom is 0.0957 e. The summed E-state index contributed by atoms with van der Waals surface area (Å²) in [7, 11) is 2.09. The van der Waals surface area contributed by atoms with Crippen LogP contribution in [-0.2, 0) is 0 Å². The Morgan fingerprint density at radius 1 is 1.58 bits per heavy atom. The average molecular weight is 282 g/mol. The molecule has 2 N–H and O–H groups in total. The minimum atomic E-state index is 0. The van der Waals surface area contributed by atoms with Gasteiger partial charge in [-0.15, -0.1) is 0 Å². The molecule has 0 aromatic heterocycles. The summed E-state index contributed by atoms with van der Waals surface area (Å²) in [5, 5.41) is 2.18. The SMILES string of the molecule is C[NH2+]C/C=C/N1CCC[C@H]1C.[I-]. The molecule has 0 amide bonds. The number of likely N-dealkylation sites (N-methyl/N-ethyl adjacent to an activating group) is 1. The van der Waals surface area contributed by atoms with Crippen molar-refractivity contribution in [1.29, 1.82) is 0 Å². The average Bonchev–Trinajstić information content (AvgIpc) is 2.37. The van der Waals surface area contributed by atoms with Gasteiger partial charge in [-0.2, -0.15) is 0 Å². The zero-order valence-corrected chi connectivity index (χ0v) is 10.1. The third kappa shape index (κ3) is 3.76. The Morgan fingerprint density at radius 3 is 2.83 bits per heavy atom. The molecule has 0 radical (unpaired) electrons. The molecular formula is C9H19IN2. The first kappa shape index (κ1) is 12.2. The van der Waals surface area contributed by atoms with Gasteiger partial charge in [-0.25, -0.2) is 0 Å². The van der Waals surface area contributed by atoms with Crippen LogP contribution in [0.2, 0.25) is 0 Å². The summed E-state index contributed by atoms with van der Waals surface area (Å²) in [6.45, 7) is 4.65. The Kier molecular flexibility index (Phi) is 6.84. The summed E-state index contributed by atoms with van der Waals surface area (Å²) in [5.41, 5.74) is 0. The van der Waals surface area contributed by atoms with Gasteiger partial charge in [-0.1, -0.05) is 0 Å². The number of likely N-dealkylation sites (tertiary alicyclic amines) is 1. The van der Waals surface area contributed by atoms with Crippen molar-refractivity contribution in [2.75, 3.05) is 20.1 Å². The summed E-state index contributed by atoms with van der Waals surface area (Å²) < 4.78 is 0. The third-order valence-corrected chi connectivity index (χ3v) is 2.27. The van der Waals surface area contributed by atoms with E-state index in [1.54, 1.807) is 0 Å². The standard InChI is InChI=1S/C9H18N2.HI/c1-9-5-3-7-11(9)8-4-6-10-2;/h4,8-10H,3,5-7H2,1-2H3;1H/b8-4+;/t9-;/m1./s1. The van der Waals surface area contributed by atoms with Gasteiger partial charge in [0.25, 0.3) is 0 Å². The number of hydrogen-bond acceptors (Lipinski definition) is 1. The van der Waals surface area contributed by atoms with Crippen LogP contribution in [0.1, 0.15) is 19.8 Å². The molecule has 1 heterocycles. The van der Waals surface area contributed by atoms with Gasteiger partial charge >= 0.3 is 0 Å². The number of nitrogens with two attached hydrogens (primary N) is 1. The van der Waals surface area contributed by atoms with Crippen LogP contribution in [0.4, 0.5) is 0 Å². The van der Waals surface area contributed by atoms with Crippen molar-refractivity contribution in [2.24, 2.45) is 0 Å². The molecule has 0 aliphatic carbocycles. The van der Waals surface area contributed by atoms with Gasteiger partial charge in [-0.05, 0) is 25.8 Å². The smallest absolute Gasteiger partial charge is 0.0957 e. The lowest BCUT2D eigenvalue weighted by molar-refractivity contribution is -0.617. The van der Waals surface area contributed by atoms with E-state index in [9.17, 15) is 0 Å². The lowest BCUT2D eigenvalue weighted by Crippen LogP contribution is -3.00. The zero-order valence-electron chi connectivity index (χ0n) is 7.96. The van der Waals surface area contributed by atoms with Crippen LogP contribution in [0.15, 0.2) is 12.3 Å². The summed E-state index contributed by atoms with van der Waals surface area (Å²) in [5.74, 6) is 0. The van der Waals surface area contributed by atoms with Crippen LogP contribution in [0.25, 0.3) is 0 Å². The molecule has 1 atom stereocenters. The molecule has 1 rings (SSSR count). The maximum absolute atomic E-state index is 2.43. The normalized spacial score (nSPS) is 23.2. The van der Waals surface area contributed by atoms with E-state index >= 15 is 0 Å². The van der Waals surface area contributed by atoms with E-state index in [-0.39, 0.29) is 24.0 Å². The number of halogens is 1.